The maximum atomic E-state index is 11.7. The first kappa shape index (κ1) is 12.0. The number of carbonyl (C=O) groups excluding carboxylic acids is 1. The molecule has 3 rings (SSSR count). The van der Waals surface area contributed by atoms with E-state index in [2.05, 4.69) is 17.2 Å². The number of amides is 1. The van der Waals surface area contributed by atoms with Crippen molar-refractivity contribution < 1.29 is 4.79 Å². The van der Waals surface area contributed by atoms with Crippen molar-refractivity contribution in [3.05, 3.63) is 52.2 Å². The molecule has 1 saturated carbocycles. The largest absolute Gasteiger partial charge is 0.326 e. The Morgan fingerprint density at radius 3 is 2.84 bits per heavy atom. The lowest BCUT2D eigenvalue weighted by molar-refractivity contribution is -0.117. The number of thiophene rings is 1. The summed E-state index contributed by atoms with van der Waals surface area (Å²) in [5.41, 5.74) is 1.75. The summed E-state index contributed by atoms with van der Waals surface area (Å²) in [7, 11) is 0. The van der Waals surface area contributed by atoms with Gasteiger partial charge >= 0.3 is 0 Å². The standard InChI is InChI=1S/C16H13NOS/c18-16(13-7-8-13)17-14-4-1-3-12(11-14)6-9-15-5-2-10-19-15/h1-5,10-11,13H,7-8H2,(H,17,18). The van der Waals surface area contributed by atoms with Gasteiger partial charge in [0.15, 0.2) is 0 Å². The van der Waals surface area contributed by atoms with Crippen molar-refractivity contribution in [1.82, 2.24) is 0 Å². The van der Waals surface area contributed by atoms with Gasteiger partial charge in [0.25, 0.3) is 0 Å². The molecule has 1 aromatic carbocycles. The zero-order valence-corrected chi connectivity index (χ0v) is 11.2. The van der Waals surface area contributed by atoms with E-state index >= 15 is 0 Å². The molecule has 1 heterocycles. The van der Waals surface area contributed by atoms with E-state index < -0.39 is 0 Å². The molecule has 94 valence electrons. The highest BCUT2D eigenvalue weighted by atomic mass is 32.1. The van der Waals surface area contributed by atoms with Gasteiger partial charge < -0.3 is 5.32 Å². The number of nitrogens with one attached hydrogen (secondary N) is 1. The minimum Gasteiger partial charge on any atom is -0.326 e. The van der Waals surface area contributed by atoms with Crippen molar-refractivity contribution in [2.75, 3.05) is 5.32 Å². The van der Waals surface area contributed by atoms with Crippen LogP contribution < -0.4 is 5.32 Å². The van der Waals surface area contributed by atoms with Crippen molar-refractivity contribution >= 4 is 22.9 Å². The third-order valence-corrected chi connectivity index (χ3v) is 3.71. The topological polar surface area (TPSA) is 29.1 Å². The molecule has 1 aliphatic carbocycles. The molecule has 3 heteroatoms. The summed E-state index contributed by atoms with van der Waals surface area (Å²) < 4.78 is 0. The Morgan fingerprint density at radius 1 is 1.21 bits per heavy atom. The van der Waals surface area contributed by atoms with Crippen LogP contribution in [0.25, 0.3) is 0 Å². The van der Waals surface area contributed by atoms with Crippen molar-refractivity contribution in [2.45, 2.75) is 12.8 Å². The lowest BCUT2D eigenvalue weighted by atomic mass is 10.2. The molecule has 1 fully saturated rings. The first-order valence-electron chi connectivity index (χ1n) is 6.28. The molecule has 0 aliphatic heterocycles. The van der Waals surface area contributed by atoms with E-state index in [4.69, 9.17) is 0 Å². The molecular weight excluding hydrogens is 254 g/mol. The summed E-state index contributed by atoms with van der Waals surface area (Å²) in [6.07, 6.45) is 2.04. The van der Waals surface area contributed by atoms with Gasteiger partial charge in [0.1, 0.15) is 0 Å². The zero-order valence-electron chi connectivity index (χ0n) is 10.3. The fraction of sp³-hybridized carbons (Fsp3) is 0.188. The summed E-state index contributed by atoms with van der Waals surface area (Å²) in [4.78, 5) is 12.7. The van der Waals surface area contributed by atoms with Gasteiger partial charge in [-0.1, -0.05) is 24.0 Å². The summed E-state index contributed by atoms with van der Waals surface area (Å²) in [6.45, 7) is 0. The Balaban J connectivity index is 1.74. The Hall–Kier alpha value is -2.05. The summed E-state index contributed by atoms with van der Waals surface area (Å²) in [5, 5.41) is 4.94. The van der Waals surface area contributed by atoms with E-state index in [1.54, 1.807) is 11.3 Å². The predicted octanol–water partition coefficient (Wildman–Crippen LogP) is 3.50. The first-order valence-corrected chi connectivity index (χ1v) is 7.16. The number of carbonyl (C=O) groups is 1. The molecular formula is C16H13NOS. The van der Waals surface area contributed by atoms with Crippen LogP contribution in [0.15, 0.2) is 41.8 Å². The molecule has 1 amide bonds. The Morgan fingerprint density at radius 2 is 2.11 bits per heavy atom. The highest BCUT2D eigenvalue weighted by Crippen LogP contribution is 2.30. The van der Waals surface area contributed by atoms with Gasteiger partial charge in [0.05, 0.1) is 4.88 Å². The maximum absolute atomic E-state index is 11.7. The molecule has 2 aromatic rings. The molecule has 2 nitrogen and oxygen atoms in total. The molecule has 0 radical (unpaired) electrons. The van der Waals surface area contributed by atoms with E-state index in [0.717, 1.165) is 29.0 Å². The monoisotopic (exact) mass is 267 g/mol. The second-order valence-electron chi connectivity index (χ2n) is 4.57. The first-order chi connectivity index (χ1) is 9.31. The average Bonchev–Trinajstić information content (AvgIpc) is 3.14. The zero-order chi connectivity index (χ0) is 13.1. The second kappa shape index (κ2) is 5.29. The lowest BCUT2D eigenvalue weighted by Crippen LogP contribution is -2.13. The predicted molar refractivity (Wildman–Crippen MR) is 78.1 cm³/mol. The van der Waals surface area contributed by atoms with Crippen LogP contribution in [0.1, 0.15) is 23.3 Å². The fourth-order valence-electron chi connectivity index (χ4n) is 1.75. The smallest absolute Gasteiger partial charge is 0.227 e. The number of rotatable bonds is 2. The molecule has 19 heavy (non-hydrogen) atoms. The van der Waals surface area contributed by atoms with Crippen molar-refractivity contribution in [3.63, 3.8) is 0 Å². The van der Waals surface area contributed by atoms with Gasteiger partial charge in [-0.25, -0.2) is 0 Å². The van der Waals surface area contributed by atoms with Gasteiger partial charge in [0.2, 0.25) is 5.91 Å². The highest BCUT2D eigenvalue weighted by molar-refractivity contribution is 7.10. The van der Waals surface area contributed by atoms with Crippen LogP contribution in [-0.4, -0.2) is 5.91 Å². The van der Waals surface area contributed by atoms with E-state index in [-0.39, 0.29) is 11.8 Å². The molecule has 0 bridgehead atoms. The summed E-state index contributed by atoms with van der Waals surface area (Å²) >= 11 is 1.63. The number of hydrogen-bond donors (Lipinski definition) is 1. The Labute approximate surface area is 116 Å². The SMILES string of the molecule is O=C(Nc1cccc(C#Cc2cccs2)c1)C1CC1. The third-order valence-electron chi connectivity index (χ3n) is 2.93. The van der Waals surface area contributed by atoms with Crippen LogP contribution in [0.2, 0.25) is 0 Å². The quantitative estimate of drug-likeness (QED) is 0.829. The van der Waals surface area contributed by atoms with E-state index in [1.165, 1.54) is 0 Å². The number of anilines is 1. The number of hydrogen-bond acceptors (Lipinski definition) is 2. The molecule has 1 aliphatic rings. The van der Waals surface area contributed by atoms with E-state index in [9.17, 15) is 4.79 Å². The third kappa shape index (κ3) is 3.24. The van der Waals surface area contributed by atoms with Crippen LogP contribution in [0, 0.1) is 17.8 Å². The summed E-state index contributed by atoms with van der Waals surface area (Å²) in [5.74, 6) is 6.58. The van der Waals surface area contributed by atoms with Gasteiger partial charge in [-0.15, -0.1) is 11.3 Å². The van der Waals surface area contributed by atoms with Crippen molar-refractivity contribution in [3.8, 4) is 11.8 Å². The molecule has 1 N–H and O–H groups in total. The minimum atomic E-state index is 0.128. The van der Waals surface area contributed by atoms with Crippen LogP contribution in [-0.2, 0) is 4.79 Å². The van der Waals surface area contributed by atoms with Gasteiger partial charge in [-0.05, 0) is 42.5 Å². The Kier molecular flexibility index (Phi) is 3.35. The second-order valence-corrected chi connectivity index (χ2v) is 5.52. The summed E-state index contributed by atoms with van der Waals surface area (Å²) in [6, 6.07) is 11.7. The normalized spacial score (nSPS) is 13.5. The minimum absolute atomic E-state index is 0.128. The van der Waals surface area contributed by atoms with Crippen LogP contribution in [0.3, 0.4) is 0 Å². The van der Waals surface area contributed by atoms with Crippen LogP contribution in [0.5, 0.6) is 0 Å². The number of benzene rings is 1. The average molecular weight is 267 g/mol. The highest BCUT2D eigenvalue weighted by Gasteiger charge is 2.29. The molecule has 0 atom stereocenters. The van der Waals surface area contributed by atoms with Crippen molar-refractivity contribution in [1.29, 1.82) is 0 Å². The Bertz CT molecular complexity index is 645. The van der Waals surface area contributed by atoms with Gasteiger partial charge in [0, 0.05) is 17.2 Å². The molecule has 0 unspecified atom stereocenters. The van der Waals surface area contributed by atoms with Gasteiger partial charge in [-0.3, -0.25) is 4.79 Å². The van der Waals surface area contributed by atoms with Crippen LogP contribution in [0.4, 0.5) is 5.69 Å². The van der Waals surface area contributed by atoms with Gasteiger partial charge in [-0.2, -0.15) is 0 Å². The van der Waals surface area contributed by atoms with Crippen molar-refractivity contribution in [2.24, 2.45) is 5.92 Å². The molecule has 0 saturated heterocycles. The fourth-order valence-corrected chi connectivity index (χ4v) is 2.32. The molecule has 0 spiro atoms. The molecule has 1 aromatic heterocycles. The van der Waals surface area contributed by atoms with E-state index in [1.807, 2.05) is 41.8 Å². The van der Waals surface area contributed by atoms with Crippen LogP contribution >= 0.6 is 11.3 Å². The lowest BCUT2D eigenvalue weighted by Gasteiger charge is -2.03. The van der Waals surface area contributed by atoms with E-state index in [0.29, 0.717) is 0 Å². The maximum Gasteiger partial charge on any atom is 0.227 e.